The van der Waals surface area contributed by atoms with E-state index < -0.39 is 5.91 Å². The van der Waals surface area contributed by atoms with Crippen LogP contribution in [-0.2, 0) is 9.53 Å². The number of nitrogens with two attached hydrogens (primary N) is 1. The van der Waals surface area contributed by atoms with E-state index in [1.807, 2.05) is 0 Å². The molecule has 19 heavy (non-hydrogen) atoms. The van der Waals surface area contributed by atoms with Crippen molar-refractivity contribution in [2.75, 3.05) is 12.4 Å². The normalized spacial score (nSPS) is 11.7. The smallest absolute Gasteiger partial charge is 0.328 e. The molecule has 1 amide bonds. The summed E-state index contributed by atoms with van der Waals surface area (Å²) in [5, 5.41) is 3.10. The Labute approximate surface area is 113 Å². The number of carbonyl (C=O) groups is 2. The Morgan fingerprint density at radius 3 is 2.42 bits per heavy atom. The molecule has 0 aliphatic heterocycles. The molecule has 3 N–H and O–H groups in total. The van der Waals surface area contributed by atoms with Crippen molar-refractivity contribution in [2.24, 2.45) is 5.73 Å². The zero-order valence-electron chi connectivity index (χ0n) is 11.3. The van der Waals surface area contributed by atoms with Crippen LogP contribution in [0.15, 0.2) is 24.3 Å². The first kappa shape index (κ1) is 15.0. The zero-order valence-corrected chi connectivity index (χ0v) is 11.3. The average molecular weight is 264 g/mol. The molecule has 104 valence electrons. The topological polar surface area (TPSA) is 81.4 Å². The lowest BCUT2D eigenvalue weighted by Gasteiger charge is -2.17. The molecule has 1 aromatic carbocycles. The van der Waals surface area contributed by atoms with Crippen LogP contribution in [0.2, 0.25) is 0 Å². The summed E-state index contributed by atoms with van der Waals surface area (Å²) in [6.45, 7) is 2.07. The van der Waals surface area contributed by atoms with Gasteiger partial charge in [0.25, 0.3) is 0 Å². The van der Waals surface area contributed by atoms with Gasteiger partial charge in [-0.05, 0) is 30.7 Å². The first-order valence-electron chi connectivity index (χ1n) is 6.32. The van der Waals surface area contributed by atoms with E-state index in [9.17, 15) is 9.59 Å². The number of ether oxygens (including phenoxy) is 1. The minimum absolute atomic E-state index is 0.285. The van der Waals surface area contributed by atoms with Gasteiger partial charge in [0.1, 0.15) is 6.04 Å². The molecule has 0 saturated carbocycles. The number of unbranched alkanes of at least 4 members (excludes halogenated alkanes) is 1. The maximum atomic E-state index is 11.6. The van der Waals surface area contributed by atoms with E-state index in [1.54, 1.807) is 24.3 Å². The number of benzene rings is 1. The largest absolute Gasteiger partial charge is 0.467 e. The summed E-state index contributed by atoms with van der Waals surface area (Å²) >= 11 is 0. The lowest BCUT2D eigenvalue weighted by Crippen LogP contribution is -2.30. The molecular formula is C14H20N2O3. The van der Waals surface area contributed by atoms with Gasteiger partial charge in [-0.3, -0.25) is 4.79 Å². The molecule has 5 heteroatoms. The molecule has 0 aliphatic carbocycles. The van der Waals surface area contributed by atoms with Crippen LogP contribution in [0.1, 0.15) is 36.5 Å². The lowest BCUT2D eigenvalue weighted by atomic mass is 10.1. The number of methoxy groups -OCH3 is 1. The molecule has 1 atom stereocenters. The van der Waals surface area contributed by atoms with Crippen molar-refractivity contribution in [3.63, 3.8) is 0 Å². The van der Waals surface area contributed by atoms with E-state index >= 15 is 0 Å². The minimum Gasteiger partial charge on any atom is -0.467 e. The van der Waals surface area contributed by atoms with Crippen molar-refractivity contribution in [1.29, 1.82) is 0 Å². The summed E-state index contributed by atoms with van der Waals surface area (Å²) in [4.78, 5) is 22.6. The summed E-state index contributed by atoms with van der Waals surface area (Å²) in [7, 11) is 1.37. The molecule has 5 nitrogen and oxygen atoms in total. The Morgan fingerprint density at radius 1 is 1.32 bits per heavy atom. The fraction of sp³-hybridized carbons (Fsp3) is 0.429. The molecule has 0 aliphatic rings. The average Bonchev–Trinajstić information content (AvgIpc) is 2.43. The van der Waals surface area contributed by atoms with E-state index in [2.05, 4.69) is 12.2 Å². The second-order valence-electron chi connectivity index (χ2n) is 4.30. The van der Waals surface area contributed by atoms with Gasteiger partial charge in [-0.25, -0.2) is 4.79 Å². The monoisotopic (exact) mass is 264 g/mol. The number of esters is 1. The first-order valence-corrected chi connectivity index (χ1v) is 6.32. The van der Waals surface area contributed by atoms with Gasteiger partial charge in [-0.15, -0.1) is 0 Å². The van der Waals surface area contributed by atoms with Gasteiger partial charge in [-0.1, -0.05) is 19.8 Å². The fourth-order valence-corrected chi connectivity index (χ4v) is 1.73. The number of primary amides is 1. The van der Waals surface area contributed by atoms with Gasteiger partial charge in [0.2, 0.25) is 5.91 Å². The second-order valence-corrected chi connectivity index (χ2v) is 4.30. The summed E-state index contributed by atoms with van der Waals surface area (Å²) in [5.74, 6) is -0.755. The van der Waals surface area contributed by atoms with Crippen molar-refractivity contribution in [3.8, 4) is 0 Å². The molecule has 1 rings (SSSR count). The SMILES string of the molecule is CCCCC(Nc1ccc(C(N)=O)cc1)C(=O)OC. The van der Waals surface area contributed by atoms with Crippen molar-refractivity contribution in [1.82, 2.24) is 0 Å². The van der Waals surface area contributed by atoms with Gasteiger partial charge < -0.3 is 15.8 Å². The minimum atomic E-state index is -0.470. The highest BCUT2D eigenvalue weighted by atomic mass is 16.5. The maximum absolute atomic E-state index is 11.6. The predicted molar refractivity (Wildman–Crippen MR) is 73.9 cm³/mol. The Kier molecular flexibility index (Phi) is 5.85. The number of carbonyl (C=O) groups excluding carboxylic acids is 2. The third-order valence-corrected chi connectivity index (χ3v) is 2.84. The van der Waals surface area contributed by atoms with E-state index in [4.69, 9.17) is 10.5 Å². The predicted octanol–water partition coefficient (Wildman–Crippen LogP) is 1.93. The van der Waals surface area contributed by atoms with Gasteiger partial charge in [-0.2, -0.15) is 0 Å². The van der Waals surface area contributed by atoms with Crippen LogP contribution < -0.4 is 11.1 Å². The number of rotatable bonds is 7. The molecule has 0 bridgehead atoms. The molecular weight excluding hydrogens is 244 g/mol. The van der Waals surface area contributed by atoms with Gasteiger partial charge >= 0.3 is 5.97 Å². The van der Waals surface area contributed by atoms with Crippen LogP contribution in [0, 0.1) is 0 Å². The van der Waals surface area contributed by atoms with E-state index in [1.165, 1.54) is 7.11 Å². The third kappa shape index (κ3) is 4.62. The van der Waals surface area contributed by atoms with Crippen LogP contribution in [0.4, 0.5) is 5.69 Å². The maximum Gasteiger partial charge on any atom is 0.328 e. The highest BCUT2D eigenvalue weighted by Crippen LogP contribution is 2.14. The molecule has 1 aromatic rings. The Hall–Kier alpha value is -2.04. The molecule has 0 fully saturated rings. The standard InChI is InChI=1S/C14H20N2O3/c1-3-4-5-12(14(18)19-2)16-11-8-6-10(7-9-11)13(15)17/h6-9,12,16H,3-5H2,1-2H3,(H2,15,17). The van der Waals surface area contributed by atoms with Gasteiger partial charge in [0.15, 0.2) is 0 Å². The van der Waals surface area contributed by atoms with Crippen LogP contribution >= 0.6 is 0 Å². The summed E-state index contributed by atoms with van der Waals surface area (Å²) < 4.78 is 4.77. The highest BCUT2D eigenvalue weighted by molar-refractivity contribution is 5.93. The summed E-state index contributed by atoms with van der Waals surface area (Å²) in [6.07, 6.45) is 2.66. The molecule has 0 radical (unpaired) electrons. The first-order chi connectivity index (χ1) is 9.08. The molecule has 0 spiro atoms. The summed E-state index contributed by atoms with van der Waals surface area (Å²) in [5.41, 5.74) is 6.37. The number of amides is 1. The van der Waals surface area contributed by atoms with Crippen molar-refractivity contribution < 1.29 is 14.3 Å². The van der Waals surface area contributed by atoms with Crippen LogP contribution in [-0.4, -0.2) is 25.0 Å². The molecule has 1 unspecified atom stereocenters. The number of anilines is 1. The zero-order chi connectivity index (χ0) is 14.3. The Morgan fingerprint density at radius 2 is 1.95 bits per heavy atom. The van der Waals surface area contributed by atoms with Crippen LogP contribution in [0.3, 0.4) is 0 Å². The van der Waals surface area contributed by atoms with Crippen LogP contribution in [0.5, 0.6) is 0 Å². The van der Waals surface area contributed by atoms with Crippen LogP contribution in [0.25, 0.3) is 0 Å². The van der Waals surface area contributed by atoms with E-state index in [-0.39, 0.29) is 12.0 Å². The van der Waals surface area contributed by atoms with E-state index in [0.717, 1.165) is 18.5 Å². The van der Waals surface area contributed by atoms with Gasteiger partial charge in [0, 0.05) is 11.3 Å². The Balaban J connectivity index is 2.72. The van der Waals surface area contributed by atoms with Gasteiger partial charge in [0.05, 0.1) is 7.11 Å². The quantitative estimate of drug-likeness (QED) is 0.737. The Bertz CT molecular complexity index is 429. The molecule has 0 aromatic heterocycles. The lowest BCUT2D eigenvalue weighted by molar-refractivity contribution is -0.141. The number of hydrogen-bond donors (Lipinski definition) is 2. The van der Waals surface area contributed by atoms with Crippen molar-refractivity contribution in [2.45, 2.75) is 32.2 Å². The van der Waals surface area contributed by atoms with Crippen molar-refractivity contribution in [3.05, 3.63) is 29.8 Å². The van der Waals surface area contributed by atoms with E-state index in [0.29, 0.717) is 12.0 Å². The molecule has 0 heterocycles. The second kappa shape index (κ2) is 7.41. The van der Waals surface area contributed by atoms with Crippen molar-refractivity contribution >= 4 is 17.6 Å². The summed E-state index contributed by atoms with van der Waals surface area (Å²) in [6, 6.07) is 6.33. The number of hydrogen-bond acceptors (Lipinski definition) is 4. The number of nitrogens with one attached hydrogen (secondary N) is 1. The highest BCUT2D eigenvalue weighted by Gasteiger charge is 2.18. The fourth-order valence-electron chi connectivity index (χ4n) is 1.73. The molecule has 0 saturated heterocycles. The third-order valence-electron chi connectivity index (χ3n) is 2.84.